The van der Waals surface area contributed by atoms with Crippen molar-refractivity contribution in [2.75, 3.05) is 7.11 Å². The molecular weight excluding hydrogens is 383 g/mol. The first-order valence-electron chi connectivity index (χ1n) is 7.54. The molecule has 1 heterocycles. The summed E-state index contributed by atoms with van der Waals surface area (Å²) in [6, 6.07) is 9.63. The average molecular weight is 397 g/mol. The van der Waals surface area contributed by atoms with E-state index in [1.165, 1.54) is 31.6 Å². The zero-order chi connectivity index (χ0) is 19.8. The molecule has 2 N–H and O–H groups in total. The molecule has 0 radical (unpaired) electrons. The third kappa shape index (κ3) is 3.67. The fourth-order valence-electron chi connectivity index (χ4n) is 2.72. The van der Waals surface area contributed by atoms with Crippen LogP contribution in [0.5, 0.6) is 5.75 Å². The van der Waals surface area contributed by atoms with Crippen LogP contribution in [0.4, 0.5) is 13.2 Å². The number of primary sulfonamides is 1. The van der Waals surface area contributed by atoms with Crippen LogP contribution in [-0.2, 0) is 16.2 Å². The van der Waals surface area contributed by atoms with Crippen molar-refractivity contribution in [3.8, 4) is 22.6 Å². The number of alkyl halides is 3. The number of methoxy groups -OCH3 is 1. The number of ether oxygens (including phenoxy) is 1. The van der Waals surface area contributed by atoms with Gasteiger partial charge in [-0.25, -0.2) is 18.2 Å². The maximum absolute atomic E-state index is 13.8. The number of rotatable bonds is 4. The fraction of sp³-hybridized carbons (Fsp3) is 0.118. The quantitative estimate of drug-likeness (QED) is 0.732. The summed E-state index contributed by atoms with van der Waals surface area (Å²) in [6.07, 6.45) is -2.40. The Bertz CT molecular complexity index is 1080. The number of hydrogen-bond donors (Lipinski definition) is 1. The van der Waals surface area contributed by atoms with Gasteiger partial charge < -0.3 is 4.74 Å². The Labute approximate surface area is 153 Å². The second-order valence-electron chi connectivity index (χ2n) is 5.56. The lowest BCUT2D eigenvalue weighted by Gasteiger charge is -2.19. The van der Waals surface area contributed by atoms with Crippen LogP contribution in [0.15, 0.2) is 59.8 Å². The van der Waals surface area contributed by atoms with Gasteiger partial charge in [-0.3, -0.25) is 0 Å². The van der Waals surface area contributed by atoms with Gasteiger partial charge in [0.25, 0.3) is 0 Å². The summed E-state index contributed by atoms with van der Waals surface area (Å²) in [5.74, 6) is 0.290. The Morgan fingerprint density at radius 2 is 1.85 bits per heavy atom. The first-order chi connectivity index (χ1) is 12.6. The number of halogens is 3. The molecule has 0 bridgehead atoms. The van der Waals surface area contributed by atoms with Crippen LogP contribution >= 0.6 is 0 Å². The summed E-state index contributed by atoms with van der Waals surface area (Å²) >= 11 is 0. The molecule has 0 saturated carbocycles. The maximum Gasteiger partial charge on any atom is 0.418 e. The van der Waals surface area contributed by atoms with Crippen molar-refractivity contribution in [3.63, 3.8) is 0 Å². The van der Waals surface area contributed by atoms with Crippen molar-refractivity contribution in [2.24, 2.45) is 5.14 Å². The van der Waals surface area contributed by atoms with Gasteiger partial charge in [0.15, 0.2) is 0 Å². The Hall–Kier alpha value is -2.85. The van der Waals surface area contributed by atoms with Crippen molar-refractivity contribution >= 4 is 10.0 Å². The SMILES string of the molecule is COc1ccccc1-c1cc(C(F)(F)F)c(-n2cccn2)c(S(N)(=O)=O)c1. The van der Waals surface area contributed by atoms with Crippen molar-refractivity contribution < 1.29 is 26.3 Å². The van der Waals surface area contributed by atoms with Crippen molar-refractivity contribution in [3.05, 3.63) is 60.4 Å². The van der Waals surface area contributed by atoms with Gasteiger partial charge in [0.05, 0.1) is 18.4 Å². The third-order valence-corrected chi connectivity index (χ3v) is 4.76. The van der Waals surface area contributed by atoms with E-state index in [1.54, 1.807) is 18.2 Å². The number of nitrogens with two attached hydrogens (primary N) is 1. The number of aromatic nitrogens is 2. The lowest BCUT2D eigenvalue weighted by molar-refractivity contribution is -0.137. The highest BCUT2D eigenvalue weighted by molar-refractivity contribution is 7.89. The van der Waals surface area contributed by atoms with E-state index in [4.69, 9.17) is 9.88 Å². The van der Waals surface area contributed by atoms with Gasteiger partial charge in [-0.2, -0.15) is 18.3 Å². The van der Waals surface area contributed by atoms with Gasteiger partial charge in [-0.1, -0.05) is 18.2 Å². The first kappa shape index (κ1) is 18.9. The summed E-state index contributed by atoms with van der Waals surface area (Å²) in [5, 5.41) is 8.97. The number of para-hydroxylation sites is 1. The van der Waals surface area contributed by atoms with Gasteiger partial charge in [-0.15, -0.1) is 0 Å². The molecule has 3 rings (SSSR count). The summed E-state index contributed by atoms with van der Waals surface area (Å²) < 4.78 is 71.5. The van der Waals surface area contributed by atoms with Crippen LogP contribution in [0, 0.1) is 0 Å². The average Bonchev–Trinajstić information content (AvgIpc) is 3.13. The van der Waals surface area contributed by atoms with E-state index in [1.807, 2.05) is 0 Å². The van der Waals surface area contributed by atoms with E-state index in [9.17, 15) is 21.6 Å². The van der Waals surface area contributed by atoms with Gasteiger partial charge in [-0.05, 0) is 29.8 Å². The Morgan fingerprint density at radius 1 is 1.15 bits per heavy atom. The molecule has 27 heavy (non-hydrogen) atoms. The molecule has 0 atom stereocenters. The molecule has 0 aliphatic carbocycles. The number of hydrogen-bond acceptors (Lipinski definition) is 4. The Kier molecular flexibility index (Phi) is 4.70. The summed E-state index contributed by atoms with van der Waals surface area (Å²) in [6.45, 7) is 0. The zero-order valence-corrected chi connectivity index (χ0v) is 14.8. The van der Waals surface area contributed by atoms with E-state index < -0.39 is 32.3 Å². The van der Waals surface area contributed by atoms with Crippen LogP contribution in [0.25, 0.3) is 16.8 Å². The predicted molar refractivity (Wildman–Crippen MR) is 91.9 cm³/mol. The maximum atomic E-state index is 13.8. The lowest BCUT2D eigenvalue weighted by atomic mass is 10.0. The van der Waals surface area contributed by atoms with Gasteiger partial charge in [0.1, 0.15) is 10.6 Å². The molecule has 3 aromatic rings. The molecule has 10 heteroatoms. The minimum absolute atomic E-state index is 0.000272. The molecule has 0 saturated heterocycles. The second kappa shape index (κ2) is 6.71. The minimum atomic E-state index is -4.85. The summed E-state index contributed by atoms with van der Waals surface area (Å²) in [7, 11) is -3.13. The minimum Gasteiger partial charge on any atom is -0.496 e. The summed E-state index contributed by atoms with van der Waals surface area (Å²) in [4.78, 5) is -0.693. The molecule has 1 aromatic heterocycles. The monoisotopic (exact) mass is 397 g/mol. The zero-order valence-electron chi connectivity index (χ0n) is 13.9. The van der Waals surface area contributed by atoms with Crippen LogP contribution in [0.2, 0.25) is 0 Å². The molecule has 142 valence electrons. The van der Waals surface area contributed by atoms with E-state index in [0.717, 1.165) is 16.8 Å². The molecule has 6 nitrogen and oxygen atoms in total. The fourth-order valence-corrected chi connectivity index (χ4v) is 3.48. The highest BCUT2D eigenvalue weighted by atomic mass is 32.2. The highest BCUT2D eigenvalue weighted by Gasteiger charge is 2.38. The predicted octanol–water partition coefficient (Wildman–Crippen LogP) is 3.21. The van der Waals surface area contributed by atoms with Gasteiger partial charge >= 0.3 is 6.18 Å². The van der Waals surface area contributed by atoms with Crippen molar-refractivity contribution in [1.82, 2.24) is 9.78 Å². The standard InChI is InChI=1S/C17H14F3N3O3S/c1-26-14-6-3-2-5-12(14)11-9-13(17(18,19)20)16(23-8-4-7-22-23)15(10-11)27(21,24)25/h2-10H,1H3,(H2,21,24,25). The molecule has 2 aromatic carbocycles. The van der Waals surface area contributed by atoms with E-state index in [0.29, 0.717) is 5.56 Å². The van der Waals surface area contributed by atoms with Crippen molar-refractivity contribution in [1.29, 1.82) is 0 Å². The Morgan fingerprint density at radius 3 is 2.41 bits per heavy atom. The normalized spacial score (nSPS) is 12.2. The molecule has 0 aliphatic rings. The smallest absolute Gasteiger partial charge is 0.418 e. The van der Waals surface area contributed by atoms with Gasteiger partial charge in [0.2, 0.25) is 10.0 Å². The molecule has 0 spiro atoms. The number of sulfonamides is 1. The van der Waals surface area contributed by atoms with Crippen molar-refractivity contribution in [2.45, 2.75) is 11.1 Å². The van der Waals surface area contributed by atoms with Crippen LogP contribution in [0.1, 0.15) is 5.56 Å². The molecular formula is C17H14F3N3O3S. The second-order valence-corrected chi connectivity index (χ2v) is 7.09. The van der Waals surface area contributed by atoms with Crippen LogP contribution < -0.4 is 9.88 Å². The molecule has 0 amide bonds. The summed E-state index contributed by atoms with van der Waals surface area (Å²) in [5.41, 5.74) is -1.55. The van der Waals surface area contributed by atoms with E-state index >= 15 is 0 Å². The topological polar surface area (TPSA) is 87.2 Å². The van der Waals surface area contributed by atoms with E-state index in [2.05, 4.69) is 5.10 Å². The molecule has 0 fully saturated rings. The molecule has 0 aliphatic heterocycles. The third-order valence-electron chi connectivity index (χ3n) is 3.84. The van der Waals surface area contributed by atoms with Crippen LogP contribution in [0.3, 0.4) is 0 Å². The Balaban J connectivity index is 2.44. The highest BCUT2D eigenvalue weighted by Crippen LogP contribution is 2.41. The first-order valence-corrected chi connectivity index (χ1v) is 9.09. The number of benzene rings is 2. The van der Waals surface area contributed by atoms with Crippen LogP contribution in [-0.4, -0.2) is 25.3 Å². The number of nitrogens with zero attached hydrogens (tertiary/aromatic N) is 2. The van der Waals surface area contributed by atoms with E-state index in [-0.39, 0.29) is 11.3 Å². The molecule has 0 unspecified atom stereocenters. The van der Waals surface area contributed by atoms with Gasteiger partial charge in [0, 0.05) is 18.0 Å². The largest absolute Gasteiger partial charge is 0.496 e. The lowest BCUT2D eigenvalue weighted by Crippen LogP contribution is -2.20.